The van der Waals surface area contributed by atoms with Crippen molar-refractivity contribution in [3.05, 3.63) is 86.4 Å². The molecule has 1 amide bonds. The van der Waals surface area contributed by atoms with Gasteiger partial charge in [0, 0.05) is 12.2 Å². The predicted molar refractivity (Wildman–Crippen MR) is 121 cm³/mol. The van der Waals surface area contributed by atoms with Crippen molar-refractivity contribution in [1.29, 1.82) is 0 Å². The molecule has 0 radical (unpaired) electrons. The van der Waals surface area contributed by atoms with E-state index in [1.54, 1.807) is 40.6 Å². The number of hydrogen-bond acceptors (Lipinski definition) is 5. The third-order valence-corrected chi connectivity index (χ3v) is 6.45. The molecule has 0 N–H and O–H groups in total. The first-order valence-corrected chi connectivity index (χ1v) is 10.7. The lowest BCUT2D eigenvalue weighted by atomic mass is 10.2. The van der Waals surface area contributed by atoms with Gasteiger partial charge in [-0.3, -0.25) is 14.2 Å². The van der Waals surface area contributed by atoms with Gasteiger partial charge in [-0.15, -0.1) is 11.3 Å². The molecule has 8 heteroatoms. The molecule has 0 fully saturated rings. The molecule has 0 aliphatic carbocycles. The van der Waals surface area contributed by atoms with E-state index in [1.165, 1.54) is 23.0 Å². The van der Waals surface area contributed by atoms with Gasteiger partial charge in [0.2, 0.25) is 5.91 Å². The number of benzene rings is 2. The third kappa shape index (κ3) is 3.07. The molecule has 0 unspecified atom stereocenters. The smallest absolute Gasteiger partial charge is 0.336 e. The summed E-state index contributed by atoms with van der Waals surface area (Å²) in [5.74, 6) is 0.216. The quantitative estimate of drug-likeness (QED) is 0.496. The van der Waals surface area contributed by atoms with Crippen molar-refractivity contribution in [2.75, 3.05) is 18.6 Å². The fourth-order valence-corrected chi connectivity index (χ4v) is 4.91. The van der Waals surface area contributed by atoms with E-state index in [2.05, 4.69) is 0 Å². The topological polar surface area (TPSA) is 73.5 Å². The van der Waals surface area contributed by atoms with E-state index in [1.807, 2.05) is 24.3 Å². The van der Waals surface area contributed by atoms with Gasteiger partial charge in [-0.05, 0) is 41.6 Å². The van der Waals surface area contributed by atoms with Crippen LogP contribution in [0.1, 0.15) is 5.56 Å². The maximum atomic E-state index is 13.5. The summed E-state index contributed by atoms with van der Waals surface area (Å²) in [5, 5.41) is 1.75. The second-order valence-electron chi connectivity index (χ2n) is 7.24. The average molecular weight is 433 g/mol. The van der Waals surface area contributed by atoms with Crippen molar-refractivity contribution in [3.63, 3.8) is 0 Å². The molecule has 2 aromatic carbocycles. The number of thiophene rings is 1. The minimum absolute atomic E-state index is 0.157. The number of carbonyl (C=O) groups excluding carboxylic acids is 1. The summed E-state index contributed by atoms with van der Waals surface area (Å²) >= 11 is 1.25. The molecule has 31 heavy (non-hydrogen) atoms. The van der Waals surface area contributed by atoms with E-state index in [4.69, 9.17) is 4.74 Å². The van der Waals surface area contributed by atoms with E-state index in [-0.39, 0.29) is 12.5 Å². The SMILES string of the molecule is COc1ccccc1-n1c(=O)c2sccc2n(CC(=O)N2CCc3ccccc32)c1=O. The first-order valence-electron chi connectivity index (χ1n) is 9.85. The van der Waals surface area contributed by atoms with Crippen LogP contribution >= 0.6 is 11.3 Å². The van der Waals surface area contributed by atoms with Crippen LogP contribution in [0.3, 0.4) is 0 Å². The van der Waals surface area contributed by atoms with E-state index < -0.39 is 11.2 Å². The van der Waals surface area contributed by atoms with Crippen molar-refractivity contribution in [3.8, 4) is 11.4 Å². The van der Waals surface area contributed by atoms with E-state index in [9.17, 15) is 14.4 Å². The molecule has 1 aliphatic heterocycles. The van der Waals surface area contributed by atoms with Crippen LogP contribution in [0.2, 0.25) is 0 Å². The van der Waals surface area contributed by atoms with E-state index in [0.717, 1.165) is 22.2 Å². The van der Waals surface area contributed by atoms with Gasteiger partial charge < -0.3 is 9.64 Å². The number of amides is 1. The first kappa shape index (κ1) is 19.3. The standard InChI is InChI=1S/C23H19N3O4S/c1-30-19-9-5-4-8-17(19)26-22(28)21-18(11-13-31-21)25(23(26)29)14-20(27)24-12-10-15-6-2-3-7-16(15)24/h2-9,11,13H,10,12,14H2,1H3. The highest BCUT2D eigenvalue weighted by Gasteiger charge is 2.26. The summed E-state index contributed by atoms with van der Waals surface area (Å²) in [7, 11) is 1.49. The lowest BCUT2D eigenvalue weighted by molar-refractivity contribution is -0.119. The van der Waals surface area contributed by atoms with Gasteiger partial charge >= 0.3 is 5.69 Å². The summed E-state index contributed by atoms with van der Waals surface area (Å²) in [6.45, 7) is 0.418. The Morgan fingerprint density at radius 3 is 2.58 bits per heavy atom. The van der Waals surface area contributed by atoms with Gasteiger partial charge in [0.1, 0.15) is 17.0 Å². The molecule has 0 saturated carbocycles. The molecule has 0 spiro atoms. The Morgan fingerprint density at radius 2 is 1.77 bits per heavy atom. The largest absolute Gasteiger partial charge is 0.495 e. The molecule has 1 aliphatic rings. The summed E-state index contributed by atoms with van der Waals surface area (Å²) in [5.41, 5.74) is 1.81. The van der Waals surface area contributed by atoms with Crippen LogP contribution in [-0.4, -0.2) is 28.7 Å². The number of nitrogens with zero attached hydrogens (tertiary/aromatic N) is 3. The van der Waals surface area contributed by atoms with Crippen LogP contribution in [0, 0.1) is 0 Å². The second-order valence-corrected chi connectivity index (χ2v) is 8.16. The summed E-state index contributed by atoms with van der Waals surface area (Å²) < 4.78 is 8.25. The minimum atomic E-state index is -0.568. The van der Waals surface area contributed by atoms with Gasteiger partial charge in [-0.1, -0.05) is 30.3 Å². The lowest BCUT2D eigenvalue weighted by Gasteiger charge is -2.19. The Morgan fingerprint density at radius 1 is 1.03 bits per heavy atom. The van der Waals surface area contributed by atoms with Crippen LogP contribution in [-0.2, 0) is 17.8 Å². The minimum Gasteiger partial charge on any atom is -0.495 e. The van der Waals surface area contributed by atoms with Crippen LogP contribution in [0.5, 0.6) is 5.75 Å². The summed E-state index contributed by atoms with van der Waals surface area (Å²) in [6, 6.07) is 16.3. The predicted octanol–water partition coefficient (Wildman–Crippen LogP) is 2.81. The van der Waals surface area contributed by atoms with Crippen molar-refractivity contribution in [1.82, 2.24) is 9.13 Å². The fraction of sp³-hybridized carbons (Fsp3) is 0.174. The zero-order chi connectivity index (χ0) is 21.5. The van der Waals surface area contributed by atoms with E-state index in [0.29, 0.717) is 28.2 Å². The highest BCUT2D eigenvalue weighted by molar-refractivity contribution is 7.17. The molecule has 0 saturated heterocycles. The average Bonchev–Trinajstić information content (AvgIpc) is 3.44. The number of carbonyl (C=O) groups is 1. The van der Waals surface area contributed by atoms with Crippen molar-refractivity contribution < 1.29 is 9.53 Å². The third-order valence-electron chi connectivity index (χ3n) is 5.56. The molecule has 3 heterocycles. The number of fused-ring (bicyclic) bond motifs is 2. The number of anilines is 1. The lowest BCUT2D eigenvalue weighted by Crippen LogP contribution is -2.42. The monoisotopic (exact) mass is 433 g/mol. The Labute approximate surface area is 181 Å². The van der Waals surface area contributed by atoms with Crippen molar-refractivity contribution in [2.45, 2.75) is 13.0 Å². The molecule has 156 valence electrons. The van der Waals surface area contributed by atoms with E-state index >= 15 is 0 Å². The molecule has 4 aromatic rings. The normalized spacial score (nSPS) is 12.9. The zero-order valence-corrected chi connectivity index (χ0v) is 17.6. The highest BCUT2D eigenvalue weighted by atomic mass is 32.1. The second kappa shape index (κ2) is 7.55. The molecular formula is C23H19N3O4S. The molecule has 7 nitrogen and oxygen atoms in total. The molecule has 5 rings (SSSR count). The molecular weight excluding hydrogens is 414 g/mol. The number of hydrogen-bond donors (Lipinski definition) is 0. The van der Waals surface area contributed by atoms with Gasteiger partial charge in [-0.25, -0.2) is 9.36 Å². The maximum Gasteiger partial charge on any atom is 0.336 e. The van der Waals surface area contributed by atoms with Gasteiger partial charge in [-0.2, -0.15) is 0 Å². The number of methoxy groups -OCH3 is 1. The Kier molecular flexibility index (Phi) is 4.71. The van der Waals surface area contributed by atoms with Gasteiger partial charge in [0.25, 0.3) is 5.56 Å². The Hall–Kier alpha value is -3.65. The van der Waals surface area contributed by atoms with Gasteiger partial charge in [0.05, 0.1) is 18.3 Å². The summed E-state index contributed by atoms with van der Waals surface area (Å²) in [4.78, 5) is 41.5. The first-order chi connectivity index (χ1) is 15.1. The summed E-state index contributed by atoms with van der Waals surface area (Å²) in [6.07, 6.45) is 0.783. The highest BCUT2D eigenvalue weighted by Crippen LogP contribution is 2.28. The number of para-hydroxylation sites is 3. The van der Waals surface area contributed by atoms with Crippen LogP contribution in [0.4, 0.5) is 5.69 Å². The number of aromatic nitrogens is 2. The fourth-order valence-electron chi connectivity index (χ4n) is 4.08. The molecule has 0 atom stereocenters. The van der Waals surface area contributed by atoms with Crippen LogP contribution in [0.25, 0.3) is 15.9 Å². The van der Waals surface area contributed by atoms with Gasteiger partial charge in [0.15, 0.2) is 0 Å². The van der Waals surface area contributed by atoms with Crippen molar-refractivity contribution in [2.24, 2.45) is 0 Å². The molecule has 2 aromatic heterocycles. The number of rotatable bonds is 4. The van der Waals surface area contributed by atoms with Crippen molar-refractivity contribution >= 4 is 33.1 Å². The van der Waals surface area contributed by atoms with Crippen LogP contribution in [0.15, 0.2) is 69.6 Å². The Balaban J connectivity index is 1.65. The zero-order valence-electron chi connectivity index (χ0n) is 16.8. The van der Waals surface area contributed by atoms with Crippen LogP contribution < -0.4 is 20.9 Å². The molecule has 0 bridgehead atoms. The number of ether oxygens (including phenoxy) is 1. The maximum absolute atomic E-state index is 13.5. The Bertz CT molecular complexity index is 1430.